The van der Waals surface area contributed by atoms with Gasteiger partial charge >= 0.3 is 12.1 Å². The Morgan fingerprint density at radius 2 is 1.95 bits per heavy atom. The molecule has 0 spiro atoms. The topological polar surface area (TPSA) is 55.1 Å². The number of halogens is 3. The summed E-state index contributed by atoms with van der Waals surface area (Å²) in [6.07, 6.45) is -4.21. The van der Waals surface area contributed by atoms with Gasteiger partial charge in [-0.25, -0.2) is 9.78 Å². The van der Waals surface area contributed by atoms with E-state index in [1.54, 1.807) is 20.8 Å². The lowest BCUT2D eigenvalue weighted by atomic mass is 10.0. The van der Waals surface area contributed by atoms with Crippen molar-refractivity contribution >= 4 is 17.0 Å². The second-order valence-electron chi connectivity index (χ2n) is 5.41. The van der Waals surface area contributed by atoms with Crippen molar-refractivity contribution in [2.75, 3.05) is 0 Å². The normalized spacial score (nSPS) is 12.9. The van der Waals surface area contributed by atoms with Crippen LogP contribution in [0.25, 0.3) is 11.0 Å². The van der Waals surface area contributed by atoms with Gasteiger partial charge in [-0.1, -0.05) is 13.0 Å². The Bertz CT molecular complexity index is 702. The van der Waals surface area contributed by atoms with Crippen LogP contribution in [0, 0.1) is 0 Å². The van der Waals surface area contributed by atoms with Crippen LogP contribution in [0.2, 0.25) is 0 Å². The molecule has 0 aliphatic carbocycles. The zero-order valence-corrected chi connectivity index (χ0v) is 11.8. The summed E-state index contributed by atoms with van der Waals surface area (Å²) in [5, 5.41) is 9.12. The number of para-hydroxylation sites is 1. The number of hydrogen-bond donors (Lipinski definition) is 1. The van der Waals surface area contributed by atoms with Crippen LogP contribution in [0.3, 0.4) is 0 Å². The molecule has 0 fully saturated rings. The number of carboxylic acid groups (broad SMARTS) is 1. The molecule has 0 radical (unpaired) electrons. The molecule has 7 heteroatoms. The molecule has 2 rings (SSSR count). The van der Waals surface area contributed by atoms with Crippen LogP contribution in [0.15, 0.2) is 18.2 Å². The maximum atomic E-state index is 13.3. The zero-order valence-electron chi connectivity index (χ0n) is 11.8. The van der Waals surface area contributed by atoms with E-state index in [1.807, 2.05) is 0 Å². The van der Waals surface area contributed by atoms with Gasteiger partial charge in [0.05, 0.1) is 11.1 Å². The molecular weight excluding hydrogens is 285 g/mol. The third-order valence-electron chi connectivity index (χ3n) is 3.64. The molecule has 0 unspecified atom stereocenters. The summed E-state index contributed by atoms with van der Waals surface area (Å²) in [6.45, 7) is 5.10. The lowest BCUT2D eigenvalue weighted by Gasteiger charge is -2.28. The van der Waals surface area contributed by atoms with Crippen LogP contribution in [0.4, 0.5) is 13.2 Å². The van der Waals surface area contributed by atoms with Gasteiger partial charge in [0, 0.05) is 5.54 Å². The van der Waals surface area contributed by atoms with Crippen molar-refractivity contribution in [1.82, 2.24) is 9.55 Å². The number of aromatic carboxylic acids is 1. The molecule has 0 saturated carbocycles. The summed E-state index contributed by atoms with van der Waals surface area (Å²) in [5.74, 6) is -2.37. The first kappa shape index (κ1) is 15.3. The van der Waals surface area contributed by atoms with Crippen molar-refractivity contribution in [1.29, 1.82) is 0 Å². The molecule has 114 valence electrons. The van der Waals surface area contributed by atoms with Crippen LogP contribution in [0.5, 0.6) is 0 Å². The Hall–Kier alpha value is -2.05. The van der Waals surface area contributed by atoms with Crippen molar-refractivity contribution in [3.63, 3.8) is 0 Å². The maximum Gasteiger partial charge on any atom is 0.449 e. The Balaban J connectivity index is 2.93. The van der Waals surface area contributed by atoms with Crippen molar-refractivity contribution in [2.24, 2.45) is 0 Å². The van der Waals surface area contributed by atoms with Gasteiger partial charge in [0.2, 0.25) is 5.82 Å². The van der Waals surface area contributed by atoms with E-state index in [-0.39, 0.29) is 16.6 Å². The molecule has 4 nitrogen and oxygen atoms in total. The number of aromatic nitrogens is 2. The number of imidazole rings is 1. The first-order valence-corrected chi connectivity index (χ1v) is 6.42. The highest BCUT2D eigenvalue weighted by Crippen LogP contribution is 2.37. The molecule has 0 saturated heterocycles. The van der Waals surface area contributed by atoms with E-state index in [1.165, 1.54) is 18.2 Å². The predicted octanol–water partition coefficient (Wildman–Crippen LogP) is 3.90. The van der Waals surface area contributed by atoms with E-state index in [9.17, 15) is 18.0 Å². The number of fused-ring (bicyclic) bond motifs is 1. The molecule has 1 heterocycles. The fourth-order valence-corrected chi connectivity index (χ4v) is 2.23. The second kappa shape index (κ2) is 4.75. The molecule has 21 heavy (non-hydrogen) atoms. The van der Waals surface area contributed by atoms with Crippen LogP contribution in [-0.4, -0.2) is 20.6 Å². The minimum absolute atomic E-state index is 0.140. The van der Waals surface area contributed by atoms with Gasteiger partial charge in [-0.05, 0) is 32.4 Å². The third-order valence-corrected chi connectivity index (χ3v) is 3.64. The maximum absolute atomic E-state index is 13.3. The van der Waals surface area contributed by atoms with Crippen LogP contribution in [-0.2, 0) is 11.7 Å². The Morgan fingerprint density at radius 3 is 2.43 bits per heavy atom. The molecule has 1 aromatic heterocycles. The molecule has 0 aliphatic rings. The van der Waals surface area contributed by atoms with Crippen LogP contribution >= 0.6 is 0 Å². The Labute approximate surface area is 119 Å². The molecule has 0 aliphatic heterocycles. The first-order chi connectivity index (χ1) is 9.59. The smallest absolute Gasteiger partial charge is 0.449 e. The number of carbonyl (C=O) groups is 1. The molecule has 1 N–H and O–H groups in total. The number of rotatable bonds is 3. The summed E-state index contributed by atoms with van der Waals surface area (Å²) in [4.78, 5) is 14.8. The van der Waals surface area contributed by atoms with Crippen LogP contribution in [0.1, 0.15) is 43.4 Å². The number of benzene rings is 1. The molecule has 1 aromatic carbocycles. The Kier molecular flexibility index (Phi) is 3.47. The number of nitrogens with zero attached hydrogens (tertiary/aromatic N) is 2. The van der Waals surface area contributed by atoms with E-state index in [2.05, 4.69) is 4.98 Å². The van der Waals surface area contributed by atoms with Gasteiger partial charge in [0.25, 0.3) is 0 Å². The van der Waals surface area contributed by atoms with Gasteiger partial charge in [-0.3, -0.25) is 0 Å². The number of hydrogen-bond acceptors (Lipinski definition) is 2. The van der Waals surface area contributed by atoms with Crippen molar-refractivity contribution in [2.45, 2.75) is 38.9 Å². The first-order valence-electron chi connectivity index (χ1n) is 6.42. The standard InChI is InChI=1S/C14H15F3N2O2/c1-4-13(2,3)19-9-7-5-6-8(11(20)21)10(9)18-12(19)14(15,16)17/h5-7H,4H2,1-3H3,(H,20,21). The Morgan fingerprint density at radius 1 is 1.33 bits per heavy atom. The van der Waals surface area contributed by atoms with E-state index >= 15 is 0 Å². The minimum atomic E-state index is -4.65. The lowest BCUT2D eigenvalue weighted by molar-refractivity contribution is -0.148. The highest BCUT2D eigenvalue weighted by atomic mass is 19.4. The monoisotopic (exact) mass is 300 g/mol. The summed E-state index contributed by atoms with van der Waals surface area (Å²) in [5.41, 5.74) is -1.03. The largest absolute Gasteiger partial charge is 0.478 e. The highest BCUT2D eigenvalue weighted by molar-refractivity contribution is 6.01. The SMILES string of the molecule is CCC(C)(C)n1c(C(F)(F)F)nc2c(C(=O)O)cccc21. The van der Waals surface area contributed by atoms with Crippen LogP contribution < -0.4 is 0 Å². The van der Waals surface area contributed by atoms with E-state index in [0.717, 1.165) is 4.57 Å². The molecule has 0 atom stereocenters. The van der Waals surface area contributed by atoms with Crippen molar-refractivity contribution in [3.8, 4) is 0 Å². The summed E-state index contributed by atoms with van der Waals surface area (Å²) in [7, 11) is 0. The number of alkyl halides is 3. The highest BCUT2D eigenvalue weighted by Gasteiger charge is 2.41. The molecule has 0 bridgehead atoms. The van der Waals surface area contributed by atoms with Gasteiger partial charge in [0.1, 0.15) is 5.52 Å². The average molecular weight is 300 g/mol. The molecular formula is C14H15F3N2O2. The fraction of sp³-hybridized carbons (Fsp3) is 0.429. The van der Waals surface area contributed by atoms with Gasteiger partial charge in [0.15, 0.2) is 0 Å². The second-order valence-corrected chi connectivity index (χ2v) is 5.41. The quantitative estimate of drug-likeness (QED) is 0.935. The molecule has 0 amide bonds. The lowest BCUT2D eigenvalue weighted by Crippen LogP contribution is -2.30. The van der Waals surface area contributed by atoms with Crippen molar-refractivity contribution in [3.05, 3.63) is 29.6 Å². The van der Waals surface area contributed by atoms with Gasteiger partial charge in [-0.15, -0.1) is 0 Å². The van der Waals surface area contributed by atoms with E-state index in [0.29, 0.717) is 6.42 Å². The summed E-state index contributed by atoms with van der Waals surface area (Å²) in [6, 6.07) is 4.14. The van der Waals surface area contributed by atoms with Crippen molar-refractivity contribution < 1.29 is 23.1 Å². The minimum Gasteiger partial charge on any atom is -0.478 e. The zero-order chi connectivity index (χ0) is 16.0. The fourth-order valence-electron chi connectivity index (χ4n) is 2.23. The predicted molar refractivity (Wildman–Crippen MR) is 71.3 cm³/mol. The summed E-state index contributed by atoms with van der Waals surface area (Å²) < 4.78 is 40.8. The average Bonchev–Trinajstić information content (AvgIpc) is 2.78. The summed E-state index contributed by atoms with van der Waals surface area (Å²) >= 11 is 0. The third kappa shape index (κ3) is 2.48. The van der Waals surface area contributed by atoms with E-state index < -0.39 is 23.5 Å². The number of carboxylic acids is 1. The van der Waals surface area contributed by atoms with Gasteiger partial charge in [-0.2, -0.15) is 13.2 Å². The van der Waals surface area contributed by atoms with E-state index in [4.69, 9.17) is 5.11 Å². The molecule has 2 aromatic rings. The van der Waals surface area contributed by atoms with Gasteiger partial charge < -0.3 is 9.67 Å².